The molecular formula is C15H14N4O. The van der Waals surface area contributed by atoms with E-state index in [1.54, 1.807) is 6.33 Å². The van der Waals surface area contributed by atoms with E-state index < -0.39 is 0 Å². The number of benzene rings is 2. The molecule has 0 bridgehead atoms. The van der Waals surface area contributed by atoms with Gasteiger partial charge in [0.15, 0.2) is 5.84 Å². The van der Waals surface area contributed by atoms with Crippen LogP contribution in [0.2, 0.25) is 0 Å². The number of fused-ring (bicyclic) bond motifs is 1. The molecule has 20 heavy (non-hydrogen) atoms. The van der Waals surface area contributed by atoms with Crippen molar-refractivity contribution in [3.8, 4) is 0 Å². The summed E-state index contributed by atoms with van der Waals surface area (Å²) in [6, 6.07) is 15.5. The Balaban J connectivity index is 2.04. The summed E-state index contributed by atoms with van der Waals surface area (Å²) in [5, 5.41) is 11.9. The predicted octanol–water partition coefficient (Wildman–Crippen LogP) is 2.18. The lowest BCUT2D eigenvalue weighted by Gasteiger charge is -2.09. The second-order valence-electron chi connectivity index (χ2n) is 4.50. The molecule has 0 fully saturated rings. The summed E-state index contributed by atoms with van der Waals surface area (Å²) in [5.41, 5.74) is 9.43. The number of hydrogen-bond donors (Lipinski definition) is 2. The first-order valence-corrected chi connectivity index (χ1v) is 6.25. The fraction of sp³-hybridized carbons (Fsp3) is 0.0667. The largest absolute Gasteiger partial charge is 0.409 e. The average molecular weight is 266 g/mol. The van der Waals surface area contributed by atoms with Crippen LogP contribution in [0.1, 0.15) is 11.1 Å². The van der Waals surface area contributed by atoms with Crippen molar-refractivity contribution in [2.24, 2.45) is 10.9 Å². The van der Waals surface area contributed by atoms with Crippen LogP contribution in [-0.4, -0.2) is 20.6 Å². The number of aromatic nitrogens is 2. The van der Waals surface area contributed by atoms with Crippen molar-refractivity contribution in [1.82, 2.24) is 9.55 Å². The lowest BCUT2D eigenvalue weighted by atomic mass is 10.1. The van der Waals surface area contributed by atoms with Crippen LogP contribution in [-0.2, 0) is 6.54 Å². The lowest BCUT2D eigenvalue weighted by Crippen LogP contribution is -2.16. The number of para-hydroxylation sites is 2. The van der Waals surface area contributed by atoms with E-state index in [0.717, 1.165) is 22.2 Å². The van der Waals surface area contributed by atoms with Crippen molar-refractivity contribution in [3.05, 3.63) is 66.0 Å². The van der Waals surface area contributed by atoms with Crippen LogP contribution < -0.4 is 5.73 Å². The smallest absolute Gasteiger partial charge is 0.170 e. The molecule has 2 aromatic carbocycles. The van der Waals surface area contributed by atoms with E-state index in [9.17, 15) is 0 Å². The third kappa shape index (κ3) is 2.09. The standard InChI is InChI=1S/C15H14N4O/c16-15(18-20)12-6-2-1-5-11(12)9-19-10-17-13-7-3-4-8-14(13)19/h1-8,10,20H,9H2,(H2,16,18). The Morgan fingerprint density at radius 2 is 1.90 bits per heavy atom. The molecule has 5 heteroatoms. The van der Waals surface area contributed by atoms with Gasteiger partial charge in [-0.05, 0) is 17.7 Å². The van der Waals surface area contributed by atoms with Crippen LogP contribution in [0, 0.1) is 0 Å². The molecule has 0 saturated heterocycles. The van der Waals surface area contributed by atoms with Crippen molar-refractivity contribution in [3.63, 3.8) is 0 Å². The van der Waals surface area contributed by atoms with Crippen LogP contribution in [0.15, 0.2) is 60.0 Å². The first kappa shape index (κ1) is 12.2. The number of oxime groups is 1. The molecule has 0 radical (unpaired) electrons. The predicted molar refractivity (Wildman–Crippen MR) is 77.8 cm³/mol. The lowest BCUT2D eigenvalue weighted by molar-refractivity contribution is 0.318. The van der Waals surface area contributed by atoms with Crippen LogP contribution >= 0.6 is 0 Å². The highest BCUT2D eigenvalue weighted by Crippen LogP contribution is 2.16. The van der Waals surface area contributed by atoms with E-state index in [1.165, 1.54) is 0 Å². The third-order valence-corrected chi connectivity index (χ3v) is 3.27. The zero-order chi connectivity index (χ0) is 13.9. The van der Waals surface area contributed by atoms with Crippen molar-refractivity contribution in [2.45, 2.75) is 6.54 Å². The van der Waals surface area contributed by atoms with Gasteiger partial charge in [0.05, 0.1) is 17.4 Å². The molecule has 3 aromatic rings. The molecule has 1 heterocycles. The van der Waals surface area contributed by atoms with Crippen molar-refractivity contribution in [2.75, 3.05) is 0 Å². The minimum Gasteiger partial charge on any atom is -0.409 e. The first-order valence-electron chi connectivity index (χ1n) is 6.25. The Bertz CT molecular complexity index is 776. The molecule has 3 rings (SSSR count). The zero-order valence-corrected chi connectivity index (χ0v) is 10.8. The minimum absolute atomic E-state index is 0.116. The highest BCUT2D eigenvalue weighted by atomic mass is 16.4. The van der Waals surface area contributed by atoms with Gasteiger partial charge < -0.3 is 15.5 Å². The monoisotopic (exact) mass is 266 g/mol. The average Bonchev–Trinajstić information content (AvgIpc) is 2.90. The second-order valence-corrected chi connectivity index (χ2v) is 4.50. The van der Waals surface area contributed by atoms with Crippen LogP contribution in [0.5, 0.6) is 0 Å². The van der Waals surface area contributed by atoms with Gasteiger partial charge in [-0.2, -0.15) is 0 Å². The van der Waals surface area contributed by atoms with Crippen molar-refractivity contribution in [1.29, 1.82) is 0 Å². The van der Waals surface area contributed by atoms with Crippen LogP contribution in [0.3, 0.4) is 0 Å². The van der Waals surface area contributed by atoms with Gasteiger partial charge in [-0.1, -0.05) is 41.6 Å². The molecule has 0 atom stereocenters. The van der Waals surface area contributed by atoms with Gasteiger partial charge in [0.25, 0.3) is 0 Å². The molecule has 0 aliphatic heterocycles. The molecule has 100 valence electrons. The number of imidazole rings is 1. The fourth-order valence-corrected chi connectivity index (χ4v) is 2.28. The molecule has 0 spiro atoms. The van der Waals surface area contributed by atoms with Crippen molar-refractivity contribution < 1.29 is 5.21 Å². The Morgan fingerprint density at radius 3 is 2.75 bits per heavy atom. The minimum atomic E-state index is 0.116. The summed E-state index contributed by atoms with van der Waals surface area (Å²) < 4.78 is 2.04. The summed E-state index contributed by atoms with van der Waals surface area (Å²) in [7, 11) is 0. The van der Waals surface area contributed by atoms with Gasteiger partial charge in [0, 0.05) is 12.1 Å². The van der Waals surface area contributed by atoms with Gasteiger partial charge >= 0.3 is 0 Å². The number of amidine groups is 1. The Hall–Kier alpha value is -2.82. The van der Waals surface area contributed by atoms with Gasteiger partial charge in [-0.3, -0.25) is 0 Å². The normalized spacial score (nSPS) is 11.9. The van der Waals surface area contributed by atoms with Gasteiger partial charge in [0.1, 0.15) is 0 Å². The van der Waals surface area contributed by atoms with Crippen molar-refractivity contribution >= 4 is 16.9 Å². The molecule has 1 aromatic heterocycles. The zero-order valence-electron chi connectivity index (χ0n) is 10.8. The summed E-state index contributed by atoms with van der Waals surface area (Å²) in [6.07, 6.45) is 1.80. The first-order chi connectivity index (χ1) is 9.79. The van der Waals surface area contributed by atoms with Gasteiger partial charge in [-0.25, -0.2) is 4.98 Å². The maximum absolute atomic E-state index is 8.85. The van der Waals surface area contributed by atoms with Crippen LogP contribution in [0.4, 0.5) is 0 Å². The summed E-state index contributed by atoms with van der Waals surface area (Å²) in [4.78, 5) is 4.36. The number of nitrogens with two attached hydrogens (primary N) is 1. The van der Waals surface area contributed by atoms with E-state index >= 15 is 0 Å². The third-order valence-electron chi connectivity index (χ3n) is 3.27. The van der Waals surface area contributed by atoms with E-state index in [-0.39, 0.29) is 5.84 Å². The molecule has 0 aliphatic carbocycles. The summed E-state index contributed by atoms with van der Waals surface area (Å²) in [6.45, 7) is 0.618. The van der Waals surface area contributed by atoms with E-state index in [2.05, 4.69) is 10.1 Å². The molecule has 0 aliphatic rings. The quantitative estimate of drug-likeness (QED) is 0.330. The summed E-state index contributed by atoms with van der Waals surface area (Å²) >= 11 is 0. The SMILES string of the molecule is N/C(=N\O)c1ccccc1Cn1cnc2ccccc21. The summed E-state index contributed by atoms with van der Waals surface area (Å²) in [5.74, 6) is 0.116. The maximum atomic E-state index is 8.85. The Morgan fingerprint density at radius 1 is 1.15 bits per heavy atom. The molecule has 0 unspecified atom stereocenters. The van der Waals surface area contributed by atoms with E-state index in [1.807, 2.05) is 53.1 Å². The van der Waals surface area contributed by atoms with Gasteiger partial charge in [-0.15, -0.1) is 0 Å². The van der Waals surface area contributed by atoms with Gasteiger partial charge in [0.2, 0.25) is 0 Å². The second kappa shape index (κ2) is 5.05. The molecule has 0 amide bonds. The molecule has 5 nitrogen and oxygen atoms in total. The Labute approximate surface area is 116 Å². The van der Waals surface area contributed by atoms with E-state index in [0.29, 0.717) is 6.54 Å². The Kier molecular flexibility index (Phi) is 3.09. The maximum Gasteiger partial charge on any atom is 0.170 e. The number of nitrogens with zero attached hydrogens (tertiary/aromatic N) is 3. The molecule has 3 N–H and O–H groups in total. The number of rotatable bonds is 3. The van der Waals surface area contributed by atoms with Crippen LogP contribution in [0.25, 0.3) is 11.0 Å². The number of hydrogen-bond acceptors (Lipinski definition) is 3. The molecular weight excluding hydrogens is 252 g/mol. The fourth-order valence-electron chi connectivity index (χ4n) is 2.28. The highest BCUT2D eigenvalue weighted by Gasteiger charge is 2.08. The van der Waals surface area contributed by atoms with E-state index in [4.69, 9.17) is 10.9 Å². The topological polar surface area (TPSA) is 76.4 Å². The highest BCUT2D eigenvalue weighted by molar-refractivity contribution is 5.98. The molecule has 0 saturated carbocycles.